The lowest BCUT2D eigenvalue weighted by Crippen LogP contribution is -2.61. The van der Waals surface area contributed by atoms with Gasteiger partial charge in [0.05, 0.1) is 6.67 Å². The summed E-state index contributed by atoms with van der Waals surface area (Å²) in [6.45, 7) is 7.34. The molecule has 19 heavy (non-hydrogen) atoms. The molecule has 0 bridgehead atoms. The number of amides is 1. The molecule has 2 atom stereocenters. The lowest BCUT2D eigenvalue weighted by molar-refractivity contribution is -0.0158. The highest BCUT2D eigenvalue weighted by molar-refractivity contribution is 5.68. The monoisotopic (exact) mass is 272 g/mol. The average Bonchev–Trinajstić information content (AvgIpc) is 2.36. The van der Waals surface area contributed by atoms with E-state index in [2.05, 4.69) is 5.32 Å². The first-order chi connectivity index (χ1) is 8.86. The van der Waals surface area contributed by atoms with E-state index in [4.69, 9.17) is 4.74 Å². The highest BCUT2D eigenvalue weighted by atomic mass is 19.1. The van der Waals surface area contributed by atoms with E-state index in [9.17, 15) is 9.18 Å². The van der Waals surface area contributed by atoms with Crippen LogP contribution >= 0.6 is 0 Å². The van der Waals surface area contributed by atoms with E-state index >= 15 is 0 Å². The summed E-state index contributed by atoms with van der Waals surface area (Å²) >= 11 is 0. The van der Waals surface area contributed by atoms with Crippen LogP contribution in [0.1, 0.15) is 40.0 Å². The Morgan fingerprint density at radius 3 is 2.84 bits per heavy atom. The number of piperidine rings is 2. The van der Waals surface area contributed by atoms with Crippen molar-refractivity contribution in [3.63, 3.8) is 0 Å². The molecule has 0 saturated carbocycles. The van der Waals surface area contributed by atoms with Crippen molar-refractivity contribution in [1.82, 2.24) is 10.2 Å². The van der Waals surface area contributed by atoms with Crippen molar-refractivity contribution in [3.8, 4) is 0 Å². The maximum Gasteiger partial charge on any atom is 0.410 e. The highest BCUT2D eigenvalue weighted by Crippen LogP contribution is 2.39. The van der Waals surface area contributed by atoms with E-state index in [1.165, 1.54) is 0 Å². The number of likely N-dealkylation sites (tertiary alicyclic amines) is 1. The van der Waals surface area contributed by atoms with Crippen molar-refractivity contribution < 1.29 is 13.9 Å². The van der Waals surface area contributed by atoms with Gasteiger partial charge in [0.1, 0.15) is 5.60 Å². The number of carbonyl (C=O) groups is 1. The van der Waals surface area contributed by atoms with Crippen LogP contribution in [0, 0.1) is 5.41 Å². The van der Waals surface area contributed by atoms with E-state index in [1.54, 1.807) is 4.90 Å². The van der Waals surface area contributed by atoms with E-state index in [0.29, 0.717) is 13.1 Å². The van der Waals surface area contributed by atoms with Crippen LogP contribution < -0.4 is 5.32 Å². The Morgan fingerprint density at radius 1 is 1.47 bits per heavy atom. The Bertz CT molecular complexity index is 343. The number of hydrogen-bond donors (Lipinski definition) is 1. The van der Waals surface area contributed by atoms with Gasteiger partial charge in [0, 0.05) is 24.5 Å². The van der Waals surface area contributed by atoms with Gasteiger partial charge in [-0.05, 0) is 46.6 Å². The third-order valence-electron chi connectivity index (χ3n) is 4.18. The summed E-state index contributed by atoms with van der Waals surface area (Å²) < 4.78 is 18.8. The van der Waals surface area contributed by atoms with Crippen LogP contribution in [0.3, 0.4) is 0 Å². The smallest absolute Gasteiger partial charge is 0.410 e. The summed E-state index contributed by atoms with van der Waals surface area (Å²) in [5.41, 5.74) is -0.748. The van der Waals surface area contributed by atoms with Gasteiger partial charge in [0.2, 0.25) is 0 Å². The Morgan fingerprint density at radius 2 is 2.21 bits per heavy atom. The summed E-state index contributed by atoms with van der Waals surface area (Å²) in [6, 6.07) is 0.0625. The molecule has 5 heteroatoms. The molecule has 2 rings (SSSR count). The van der Waals surface area contributed by atoms with Crippen LogP contribution in [0.15, 0.2) is 0 Å². The third-order valence-corrected chi connectivity index (χ3v) is 4.18. The minimum atomic E-state index is -0.480. The second-order valence-electron chi connectivity index (χ2n) is 6.78. The molecule has 4 nitrogen and oxygen atoms in total. The molecule has 1 N–H and O–H groups in total. The maximum absolute atomic E-state index is 13.4. The quantitative estimate of drug-likeness (QED) is 0.796. The van der Waals surface area contributed by atoms with Gasteiger partial charge in [0.15, 0.2) is 0 Å². The van der Waals surface area contributed by atoms with Crippen LogP contribution in [-0.4, -0.2) is 48.9 Å². The van der Waals surface area contributed by atoms with Crippen molar-refractivity contribution in [2.75, 3.05) is 26.3 Å². The molecular weight excluding hydrogens is 247 g/mol. The molecule has 2 saturated heterocycles. The van der Waals surface area contributed by atoms with Crippen molar-refractivity contribution in [3.05, 3.63) is 0 Å². The van der Waals surface area contributed by atoms with Crippen molar-refractivity contribution >= 4 is 6.09 Å². The van der Waals surface area contributed by atoms with Gasteiger partial charge < -0.3 is 15.0 Å². The van der Waals surface area contributed by atoms with Gasteiger partial charge >= 0.3 is 6.09 Å². The van der Waals surface area contributed by atoms with E-state index in [1.807, 2.05) is 20.8 Å². The summed E-state index contributed by atoms with van der Waals surface area (Å²) in [4.78, 5) is 13.8. The summed E-state index contributed by atoms with van der Waals surface area (Å²) in [6.07, 6.45) is 2.38. The number of fused-ring (bicyclic) bond motifs is 1. The second-order valence-corrected chi connectivity index (χ2v) is 6.78. The SMILES string of the molecule is CC(C)(C)OC(=O)N1CCC2(CF)CCCNC2C1. The van der Waals surface area contributed by atoms with Gasteiger partial charge in [0.25, 0.3) is 0 Å². The zero-order valence-corrected chi connectivity index (χ0v) is 12.2. The molecule has 1 amide bonds. The molecule has 2 aliphatic heterocycles. The lowest BCUT2D eigenvalue weighted by Gasteiger charge is -2.49. The number of nitrogens with one attached hydrogen (secondary N) is 1. The van der Waals surface area contributed by atoms with Gasteiger partial charge in [-0.25, -0.2) is 4.79 Å². The zero-order valence-electron chi connectivity index (χ0n) is 12.2. The average molecular weight is 272 g/mol. The number of rotatable bonds is 1. The molecule has 2 fully saturated rings. The molecule has 2 aliphatic rings. The first-order valence-corrected chi connectivity index (χ1v) is 7.14. The molecule has 110 valence electrons. The number of carbonyl (C=O) groups excluding carboxylic acids is 1. The predicted octanol–water partition coefficient (Wildman–Crippen LogP) is 2.34. The topological polar surface area (TPSA) is 41.6 Å². The fourth-order valence-electron chi connectivity index (χ4n) is 3.05. The van der Waals surface area contributed by atoms with Gasteiger partial charge in [-0.15, -0.1) is 0 Å². The minimum Gasteiger partial charge on any atom is -0.444 e. The fourth-order valence-corrected chi connectivity index (χ4v) is 3.05. The molecule has 0 spiro atoms. The molecule has 0 radical (unpaired) electrons. The molecule has 0 aromatic rings. The fraction of sp³-hybridized carbons (Fsp3) is 0.929. The third kappa shape index (κ3) is 3.19. The first kappa shape index (κ1) is 14.6. The Labute approximate surface area is 114 Å². The normalized spacial score (nSPS) is 31.8. The Kier molecular flexibility index (Phi) is 4.04. The first-order valence-electron chi connectivity index (χ1n) is 7.14. The highest BCUT2D eigenvalue weighted by Gasteiger charge is 2.46. The van der Waals surface area contributed by atoms with Gasteiger partial charge in [-0.2, -0.15) is 0 Å². The summed E-state index contributed by atoms with van der Waals surface area (Å²) in [5.74, 6) is 0. The van der Waals surface area contributed by atoms with E-state index < -0.39 is 5.60 Å². The standard InChI is InChI=1S/C14H25FN2O2/c1-13(2,3)19-12(18)17-8-6-14(10-15)5-4-7-16-11(14)9-17/h11,16H,4-10H2,1-3H3. The van der Waals surface area contributed by atoms with Crippen LogP contribution in [0.25, 0.3) is 0 Å². The van der Waals surface area contributed by atoms with Crippen molar-refractivity contribution in [2.45, 2.75) is 51.7 Å². The van der Waals surface area contributed by atoms with Crippen LogP contribution in [0.2, 0.25) is 0 Å². The van der Waals surface area contributed by atoms with Gasteiger partial charge in [-0.1, -0.05) is 0 Å². The van der Waals surface area contributed by atoms with E-state index in [-0.39, 0.29) is 24.2 Å². The van der Waals surface area contributed by atoms with Crippen LogP contribution in [-0.2, 0) is 4.74 Å². The summed E-state index contributed by atoms with van der Waals surface area (Å²) in [5, 5.41) is 3.37. The minimum absolute atomic E-state index is 0.0625. The predicted molar refractivity (Wildman–Crippen MR) is 71.9 cm³/mol. The lowest BCUT2D eigenvalue weighted by atomic mass is 9.70. The van der Waals surface area contributed by atoms with Crippen LogP contribution in [0.5, 0.6) is 0 Å². The molecule has 0 aromatic carbocycles. The zero-order chi connectivity index (χ0) is 14.1. The Balaban J connectivity index is 2.00. The molecule has 0 aromatic heterocycles. The largest absolute Gasteiger partial charge is 0.444 e. The molecule has 2 heterocycles. The second kappa shape index (κ2) is 5.27. The Hall–Kier alpha value is -0.840. The number of alkyl halides is 1. The molecule has 0 aliphatic carbocycles. The molecule has 2 unspecified atom stereocenters. The number of nitrogens with zero attached hydrogens (tertiary/aromatic N) is 1. The van der Waals surface area contributed by atoms with Crippen molar-refractivity contribution in [1.29, 1.82) is 0 Å². The number of hydrogen-bond acceptors (Lipinski definition) is 3. The number of halogens is 1. The van der Waals surface area contributed by atoms with Crippen LogP contribution in [0.4, 0.5) is 9.18 Å². The summed E-state index contributed by atoms with van der Waals surface area (Å²) in [7, 11) is 0. The van der Waals surface area contributed by atoms with Gasteiger partial charge in [-0.3, -0.25) is 4.39 Å². The molecular formula is C14H25FN2O2. The van der Waals surface area contributed by atoms with Crippen molar-refractivity contribution in [2.24, 2.45) is 5.41 Å². The van der Waals surface area contributed by atoms with E-state index in [0.717, 1.165) is 25.8 Å². The maximum atomic E-state index is 13.4. The number of ether oxygens (including phenoxy) is 1.